The zero-order valence-corrected chi connectivity index (χ0v) is 18.7. The number of benzene rings is 1. The minimum atomic E-state index is -4.84. The number of aliphatic imine (C=N–C) groups is 1. The standard InChI is InChI=1S/C25H20F5N5O/c26-13-24(11-20(25(28,29)30)36-23(31)35-24)18-10-17(5-6-19(18)27)34-22-21-16(7-8-32-22)9-15(12-33-21)4-3-14-1-2-14/h5-10,12,14,20H,1-2,11,13H2,(H2,31,35)(H,32,34)/t20-,24+/m0/s1. The van der Waals surface area contributed by atoms with E-state index in [1.54, 1.807) is 18.5 Å². The lowest BCUT2D eigenvalue weighted by molar-refractivity contribution is -0.209. The van der Waals surface area contributed by atoms with E-state index in [2.05, 4.69) is 36.9 Å². The predicted molar refractivity (Wildman–Crippen MR) is 124 cm³/mol. The maximum Gasteiger partial charge on any atom is 0.425 e. The Labute approximate surface area is 202 Å². The van der Waals surface area contributed by atoms with Crippen LogP contribution in [0.2, 0.25) is 0 Å². The Bertz CT molecular complexity index is 1410. The molecule has 3 aromatic rings. The number of halogens is 5. The quantitative estimate of drug-likeness (QED) is 0.384. The number of nitrogens with one attached hydrogen (secondary N) is 1. The van der Waals surface area contributed by atoms with Gasteiger partial charge in [-0.05, 0) is 43.2 Å². The van der Waals surface area contributed by atoms with Crippen molar-refractivity contribution >= 4 is 28.4 Å². The minimum absolute atomic E-state index is 0.252. The summed E-state index contributed by atoms with van der Waals surface area (Å²) in [4.78, 5) is 12.5. The number of amidine groups is 1. The molecule has 36 heavy (non-hydrogen) atoms. The third-order valence-electron chi connectivity index (χ3n) is 6.02. The van der Waals surface area contributed by atoms with Crippen LogP contribution in [0.1, 0.15) is 30.4 Å². The van der Waals surface area contributed by atoms with Crippen LogP contribution in [0.5, 0.6) is 0 Å². The summed E-state index contributed by atoms with van der Waals surface area (Å²) in [5.41, 5.74) is 4.36. The number of pyridine rings is 2. The first-order valence-electron chi connectivity index (χ1n) is 11.1. The minimum Gasteiger partial charge on any atom is -0.452 e. The first-order chi connectivity index (χ1) is 17.2. The molecule has 0 spiro atoms. The molecule has 1 saturated carbocycles. The largest absolute Gasteiger partial charge is 0.452 e. The van der Waals surface area contributed by atoms with Crippen LogP contribution in [-0.4, -0.2) is 34.9 Å². The maximum absolute atomic E-state index is 14.8. The Kier molecular flexibility index (Phi) is 5.90. The summed E-state index contributed by atoms with van der Waals surface area (Å²) in [7, 11) is 0. The number of alkyl halides is 4. The third kappa shape index (κ3) is 4.76. The molecule has 6 nitrogen and oxygen atoms in total. The molecule has 11 heteroatoms. The zero-order valence-electron chi connectivity index (χ0n) is 18.7. The van der Waals surface area contributed by atoms with Crippen LogP contribution in [0, 0.1) is 23.6 Å². The SMILES string of the molecule is NC1=N[C@](CF)(c2cc(Nc3nccc4cc(C#CC5CC5)cnc34)ccc2F)C[C@@H](C(F)(F)F)O1. The normalized spacial score (nSPS) is 21.8. The van der Waals surface area contributed by atoms with E-state index in [-0.39, 0.29) is 11.3 Å². The van der Waals surface area contributed by atoms with Gasteiger partial charge in [0.15, 0.2) is 11.9 Å². The highest BCUT2D eigenvalue weighted by molar-refractivity contribution is 5.90. The summed E-state index contributed by atoms with van der Waals surface area (Å²) in [6.45, 7) is -1.41. The topological polar surface area (TPSA) is 85.4 Å². The number of rotatable bonds is 4. The second-order valence-electron chi connectivity index (χ2n) is 8.79. The fourth-order valence-corrected chi connectivity index (χ4v) is 4.02. The number of ether oxygens (including phenoxy) is 1. The molecule has 186 valence electrons. The van der Waals surface area contributed by atoms with Gasteiger partial charge < -0.3 is 15.8 Å². The van der Waals surface area contributed by atoms with Crippen LogP contribution in [0.25, 0.3) is 10.9 Å². The van der Waals surface area contributed by atoms with E-state index in [1.165, 1.54) is 12.1 Å². The van der Waals surface area contributed by atoms with Gasteiger partial charge in [0.25, 0.3) is 6.02 Å². The summed E-state index contributed by atoms with van der Waals surface area (Å²) in [5, 5.41) is 3.75. The van der Waals surface area contributed by atoms with Gasteiger partial charge in [-0.1, -0.05) is 11.8 Å². The number of hydrogen-bond acceptors (Lipinski definition) is 6. The maximum atomic E-state index is 14.8. The summed E-state index contributed by atoms with van der Waals surface area (Å²) in [6.07, 6.45) is -2.84. The average Bonchev–Trinajstić information content (AvgIpc) is 3.67. The summed E-state index contributed by atoms with van der Waals surface area (Å²) in [5.74, 6) is 6.11. The van der Waals surface area contributed by atoms with Crippen molar-refractivity contribution in [3.05, 3.63) is 59.7 Å². The van der Waals surface area contributed by atoms with Crippen LogP contribution < -0.4 is 11.1 Å². The van der Waals surface area contributed by atoms with E-state index in [0.717, 1.165) is 29.9 Å². The van der Waals surface area contributed by atoms with E-state index in [4.69, 9.17) is 5.73 Å². The number of nitrogens with two attached hydrogens (primary N) is 1. The van der Waals surface area contributed by atoms with Gasteiger partial charge in [-0.15, -0.1) is 0 Å². The molecule has 0 bridgehead atoms. The predicted octanol–water partition coefficient (Wildman–Crippen LogP) is 5.10. The number of aromatic nitrogens is 2. The van der Waals surface area contributed by atoms with Crippen molar-refractivity contribution in [1.82, 2.24) is 9.97 Å². The molecule has 2 atom stereocenters. The molecule has 3 heterocycles. The third-order valence-corrected chi connectivity index (χ3v) is 6.02. The number of anilines is 2. The molecule has 1 aliphatic carbocycles. The first kappa shape index (κ1) is 23.8. The number of nitrogens with zero attached hydrogens (tertiary/aromatic N) is 3. The molecule has 3 N–H and O–H groups in total. The second-order valence-corrected chi connectivity index (χ2v) is 8.79. The Morgan fingerprint density at radius 3 is 2.69 bits per heavy atom. The van der Waals surface area contributed by atoms with Crippen LogP contribution in [0.3, 0.4) is 0 Å². The highest BCUT2D eigenvalue weighted by Crippen LogP contribution is 2.42. The molecule has 1 fully saturated rings. The van der Waals surface area contributed by atoms with Gasteiger partial charge in [-0.2, -0.15) is 13.2 Å². The molecular formula is C25H20F5N5O. The van der Waals surface area contributed by atoms with Gasteiger partial charge in [-0.3, -0.25) is 4.98 Å². The Hall–Kier alpha value is -3.94. The van der Waals surface area contributed by atoms with Crippen LogP contribution >= 0.6 is 0 Å². The fraction of sp³-hybridized carbons (Fsp3) is 0.320. The lowest BCUT2D eigenvalue weighted by Crippen LogP contribution is -2.48. The summed E-state index contributed by atoms with van der Waals surface area (Å²) in [6, 6.07) is 6.34. The molecule has 0 amide bonds. The molecule has 1 aromatic carbocycles. The van der Waals surface area contributed by atoms with Gasteiger partial charge in [-0.25, -0.2) is 18.8 Å². The molecule has 5 rings (SSSR count). The molecular weight excluding hydrogens is 481 g/mol. The highest BCUT2D eigenvalue weighted by atomic mass is 19.4. The molecule has 2 aromatic heterocycles. The molecule has 1 aliphatic heterocycles. The number of fused-ring (bicyclic) bond motifs is 1. The summed E-state index contributed by atoms with van der Waals surface area (Å²) >= 11 is 0. The van der Waals surface area contributed by atoms with Gasteiger partial charge in [0.05, 0.1) is 0 Å². The smallest absolute Gasteiger partial charge is 0.425 e. The molecule has 0 unspecified atom stereocenters. The zero-order chi connectivity index (χ0) is 25.5. The average molecular weight is 501 g/mol. The highest BCUT2D eigenvalue weighted by Gasteiger charge is 2.52. The van der Waals surface area contributed by atoms with Crippen LogP contribution in [0.15, 0.2) is 47.7 Å². The fourth-order valence-electron chi connectivity index (χ4n) is 4.02. The monoisotopic (exact) mass is 501 g/mol. The van der Waals surface area contributed by atoms with Gasteiger partial charge >= 0.3 is 6.18 Å². The summed E-state index contributed by atoms with van der Waals surface area (Å²) < 4.78 is 73.7. The van der Waals surface area contributed by atoms with E-state index in [1.807, 2.05) is 6.07 Å². The Balaban J connectivity index is 1.49. The van der Waals surface area contributed by atoms with Crippen molar-refractivity contribution < 1.29 is 26.7 Å². The molecule has 2 aliphatic rings. The van der Waals surface area contributed by atoms with E-state index in [0.29, 0.717) is 17.3 Å². The van der Waals surface area contributed by atoms with Gasteiger partial charge in [0.1, 0.15) is 23.5 Å². The van der Waals surface area contributed by atoms with Crippen molar-refractivity contribution in [3.63, 3.8) is 0 Å². The first-order valence-corrected chi connectivity index (χ1v) is 11.1. The Morgan fingerprint density at radius 1 is 1.17 bits per heavy atom. The Morgan fingerprint density at radius 2 is 1.97 bits per heavy atom. The van der Waals surface area contributed by atoms with Crippen molar-refractivity contribution in [3.8, 4) is 11.8 Å². The van der Waals surface area contributed by atoms with Gasteiger partial charge in [0.2, 0.25) is 0 Å². The van der Waals surface area contributed by atoms with Crippen molar-refractivity contribution in [1.29, 1.82) is 0 Å². The van der Waals surface area contributed by atoms with Crippen molar-refractivity contribution in [2.24, 2.45) is 16.6 Å². The van der Waals surface area contributed by atoms with Crippen molar-refractivity contribution in [2.45, 2.75) is 37.1 Å². The lowest BCUT2D eigenvalue weighted by Gasteiger charge is -2.36. The van der Waals surface area contributed by atoms with Gasteiger partial charge in [0, 0.05) is 46.9 Å². The lowest BCUT2D eigenvalue weighted by atomic mass is 9.84. The van der Waals surface area contributed by atoms with E-state index >= 15 is 0 Å². The van der Waals surface area contributed by atoms with Crippen molar-refractivity contribution in [2.75, 3.05) is 12.0 Å². The van der Waals surface area contributed by atoms with E-state index in [9.17, 15) is 22.0 Å². The van der Waals surface area contributed by atoms with Crippen LogP contribution in [-0.2, 0) is 10.3 Å². The number of hydrogen-bond donors (Lipinski definition) is 2. The van der Waals surface area contributed by atoms with Crippen LogP contribution in [0.4, 0.5) is 33.5 Å². The molecule has 0 saturated heterocycles. The molecule has 0 radical (unpaired) electrons. The van der Waals surface area contributed by atoms with E-state index < -0.39 is 42.8 Å². The second kappa shape index (κ2) is 8.93.